The second-order valence-corrected chi connectivity index (χ2v) is 9.31. The minimum absolute atomic E-state index is 0.406. The first kappa shape index (κ1) is 21.9. The van der Waals surface area contributed by atoms with Crippen molar-refractivity contribution in [3.05, 3.63) is 29.8 Å². The van der Waals surface area contributed by atoms with Crippen LogP contribution in [0.3, 0.4) is 0 Å². The van der Waals surface area contributed by atoms with Gasteiger partial charge in [-0.15, -0.1) is 0 Å². The second kappa shape index (κ2) is 10.3. The lowest BCUT2D eigenvalue weighted by Crippen LogP contribution is -2.38. The highest BCUT2D eigenvalue weighted by Crippen LogP contribution is 2.43. The summed E-state index contributed by atoms with van der Waals surface area (Å²) >= 11 is 0. The van der Waals surface area contributed by atoms with Crippen LogP contribution < -0.4 is 4.90 Å². The molecule has 0 radical (unpaired) electrons. The largest absolute Gasteiger partial charge is 0.378 e. The number of ether oxygens (including phenoxy) is 1. The first-order valence-electron chi connectivity index (χ1n) is 10.7. The summed E-state index contributed by atoms with van der Waals surface area (Å²) in [4.78, 5) is 6.89. The molecule has 1 aromatic carbocycles. The van der Waals surface area contributed by atoms with Crippen LogP contribution in [0.5, 0.6) is 0 Å². The molecule has 0 aliphatic carbocycles. The van der Waals surface area contributed by atoms with Crippen molar-refractivity contribution in [1.29, 1.82) is 0 Å². The number of rotatable bonds is 9. The third-order valence-electron chi connectivity index (χ3n) is 6.02. The summed E-state index contributed by atoms with van der Waals surface area (Å²) in [5.74, 6) is 1.36. The van der Waals surface area contributed by atoms with Crippen molar-refractivity contribution in [3.63, 3.8) is 0 Å². The third-order valence-corrected chi connectivity index (χ3v) is 6.02. The zero-order valence-electron chi connectivity index (χ0n) is 18.4. The van der Waals surface area contributed by atoms with E-state index in [0.29, 0.717) is 17.4 Å². The average molecular weight is 373 g/mol. The maximum atomic E-state index is 6.07. The summed E-state index contributed by atoms with van der Waals surface area (Å²) in [7, 11) is 4.13. The molecule has 0 saturated carbocycles. The molecule has 1 aliphatic heterocycles. The van der Waals surface area contributed by atoms with Crippen molar-refractivity contribution >= 4 is 11.9 Å². The maximum Gasteiger partial charge on any atom is 0.0603 e. The Hall–Kier alpha value is -1.35. The van der Waals surface area contributed by atoms with E-state index in [-0.39, 0.29) is 0 Å². The molecule has 1 aromatic rings. The molecule has 1 aliphatic rings. The summed E-state index contributed by atoms with van der Waals surface area (Å²) in [6, 6.07) is 8.60. The van der Waals surface area contributed by atoms with E-state index < -0.39 is 0 Å². The summed E-state index contributed by atoms with van der Waals surface area (Å²) in [5.41, 5.74) is 2.81. The Balaban J connectivity index is 1.96. The van der Waals surface area contributed by atoms with Crippen LogP contribution >= 0.6 is 0 Å². The molecular weight excluding hydrogens is 332 g/mol. The molecule has 0 aromatic heterocycles. The Labute approximate surface area is 167 Å². The highest BCUT2D eigenvalue weighted by molar-refractivity contribution is 5.80. The molecule has 0 spiro atoms. The lowest BCUT2D eigenvalue weighted by Gasteiger charge is -2.43. The van der Waals surface area contributed by atoms with Crippen molar-refractivity contribution in [1.82, 2.24) is 0 Å². The predicted octanol–water partition coefficient (Wildman–Crippen LogP) is 5.82. The van der Waals surface area contributed by atoms with E-state index in [4.69, 9.17) is 9.73 Å². The van der Waals surface area contributed by atoms with Crippen molar-refractivity contribution in [3.8, 4) is 0 Å². The van der Waals surface area contributed by atoms with Crippen molar-refractivity contribution in [2.24, 2.45) is 22.2 Å². The Morgan fingerprint density at radius 1 is 1.15 bits per heavy atom. The average Bonchev–Trinajstić information content (AvgIpc) is 2.64. The van der Waals surface area contributed by atoms with Crippen LogP contribution in [0.15, 0.2) is 29.3 Å². The van der Waals surface area contributed by atoms with Gasteiger partial charge in [0.1, 0.15) is 0 Å². The normalized spacial score (nSPS) is 23.5. The van der Waals surface area contributed by atoms with Crippen LogP contribution in [0.4, 0.5) is 5.69 Å². The molecule has 2 atom stereocenters. The maximum absolute atomic E-state index is 6.07. The molecular formula is C24H40N2O. The fourth-order valence-corrected chi connectivity index (χ4v) is 3.95. The van der Waals surface area contributed by atoms with Gasteiger partial charge in [0.15, 0.2) is 0 Å². The molecule has 3 heteroatoms. The van der Waals surface area contributed by atoms with Crippen LogP contribution in [0.1, 0.15) is 65.4 Å². The van der Waals surface area contributed by atoms with Gasteiger partial charge in [0.05, 0.1) is 6.10 Å². The number of hydrogen-bond donors (Lipinski definition) is 0. The summed E-state index contributed by atoms with van der Waals surface area (Å²) in [5, 5.41) is 0. The molecule has 1 fully saturated rings. The lowest BCUT2D eigenvalue weighted by atomic mass is 9.69. The van der Waals surface area contributed by atoms with E-state index in [1.54, 1.807) is 0 Å². The smallest absolute Gasteiger partial charge is 0.0603 e. The quantitative estimate of drug-likeness (QED) is 0.510. The molecule has 1 heterocycles. The number of aliphatic imine (C=N–C) groups is 1. The predicted molar refractivity (Wildman–Crippen MR) is 118 cm³/mol. The SMILES string of the molecule is CC(C)CC[C@]1(CCN=Cc2ccc(N(C)C)cc2)CCO[C@H](C(C)C)C1. The summed E-state index contributed by atoms with van der Waals surface area (Å²) < 4.78 is 6.07. The van der Waals surface area contributed by atoms with Crippen LogP contribution in [0.2, 0.25) is 0 Å². The summed E-state index contributed by atoms with van der Waals surface area (Å²) in [6.45, 7) is 11.1. The number of nitrogens with zero attached hydrogens (tertiary/aromatic N) is 2. The first-order valence-corrected chi connectivity index (χ1v) is 10.7. The van der Waals surface area contributed by atoms with Gasteiger partial charge in [0.25, 0.3) is 0 Å². The van der Waals surface area contributed by atoms with E-state index in [1.807, 2.05) is 6.21 Å². The molecule has 3 nitrogen and oxygen atoms in total. The molecule has 0 unspecified atom stereocenters. The molecule has 152 valence electrons. The second-order valence-electron chi connectivity index (χ2n) is 9.31. The van der Waals surface area contributed by atoms with Crippen LogP contribution in [-0.2, 0) is 4.74 Å². The van der Waals surface area contributed by atoms with E-state index in [1.165, 1.54) is 43.4 Å². The van der Waals surface area contributed by atoms with Gasteiger partial charge in [-0.1, -0.05) is 46.2 Å². The number of benzene rings is 1. The zero-order valence-corrected chi connectivity index (χ0v) is 18.4. The topological polar surface area (TPSA) is 24.8 Å². The third kappa shape index (κ3) is 6.95. The Morgan fingerprint density at radius 2 is 1.85 bits per heavy atom. The van der Waals surface area contributed by atoms with Crippen LogP contribution in [0, 0.1) is 17.3 Å². The standard InChI is InChI=1S/C24H40N2O/c1-19(2)11-12-24(14-16-27-23(17-24)20(3)4)13-15-25-18-21-7-9-22(10-8-21)26(5)6/h7-10,18-20,23H,11-17H2,1-6H3/t23-,24-/m0/s1. The molecule has 0 bridgehead atoms. The molecule has 0 N–H and O–H groups in total. The highest BCUT2D eigenvalue weighted by Gasteiger charge is 2.37. The number of hydrogen-bond acceptors (Lipinski definition) is 3. The van der Waals surface area contributed by atoms with Gasteiger partial charge in [-0.25, -0.2) is 0 Å². The zero-order chi connectivity index (χ0) is 19.9. The number of anilines is 1. The van der Waals surface area contributed by atoms with E-state index in [2.05, 4.69) is 71.0 Å². The van der Waals surface area contributed by atoms with Gasteiger partial charge in [0, 0.05) is 39.1 Å². The Kier molecular flexibility index (Phi) is 8.34. The van der Waals surface area contributed by atoms with Gasteiger partial charge in [0.2, 0.25) is 0 Å². The summed E-state index contributed by atoms with van der Waals surface area (Å²) in [6.07, 6.45) is 8.63. The fourth-order valence-electron chi connectivity index (χ4n) is 3.95. The van der Waals surface area contributed by atoms with Gasteiger partial charge in [-0.2, -0.15) is 0 Å². The van der Waals surface area contributed by atoms with Gasteiger partial charge >= 0.3 is 0 Å². The fraction of sp³-hybridized carbons (Fsp3) is 0.708. The van der Waals surface area contributed by atoms with Gasteiger partial charge in [-0.05, 0) is 60.6 Å². The van der Waals surface area contributed by atoms with Crippen molar-refractivity contribution in [2.45, 2.75) is 65.9 Å². The first-order chi connectivity index (χ1) is 12.8. The minimum Gasteiger partial charge on any atom is -0.378 e. The van der Waals surface area contributed by atoms with Gasteiger partial charge < -0.3 is 9.64 Å². The van der Waals surface area contributed by atoms with Crippen molar-refractivity contribution in [2.75, 3.05) is 32.1 Å². The van der Waals surface area contributed by atoms with Crippen LogP contribution in [0.25, 0.3) is 0 Å². The van der Waals surface area contributed by atoms with E-state index >= 15 is 0 Å². The van der Waals surface area contributed by atoms with E-state index in [0.717, 1.165) is 19.1 Å². The molecule has 1 saturated heterocycles. The van der Waals surface area contributed by atoms with E-state index in [9.17, 15) is 0 Å². The van der Waals surface area contributed by atoms with Gasteiger partial charge in [-0.3, -0.25) is 4.99 Å². The molecule has 27 heavy (non-hydrogen) atoms. The highest BCUT2D eigenvalue weighted by atomic mass is 16.5. The molecule has 2 rings (SSSR count). The Bertz CT molecular complexity index is 577. The Morgan fingerprint density at radius 3 is 2.44 bits per heavy atom. The molecule has 0 amide bonds. The minimum atomic E-state index is 0.406. The monoisotopic (exact) mass is 372 g/mol. The lowest BCUT2D eigenvalue weighted by molar-refractivity contribution is -0.0755. The van der Waals surface area contributed by atoms with Crippen LogP contribution in [-0.4, -0.2) is 39.6 Å². The van der Waals surface area contributed by atoms with Crippen molar-refractivity contribution < 1.29 is 4.74 Å².